The van der Waals surface area contributed by atoms with Crippen molar-refractivity contribution in [3.8, 4) is 0 Å². The van der Waals surface area contributed by atoms with Crippen LogP contribution < -0.4 is 5.32 Å². The molecule has 1 nitrogen and oxygen atoms in total. The summed E-state index contributed by atoms with van der Waals surface area (Å²) in [7, 11) is 0. The quantitative estimate of drug-likeness (QED) is 0.738. The topological polar surface area (TPSA) is 12.0 Å². The lowest BCUT2D eigenvalue weighted by Crippen LogP contribution is -2.35. The third-order valence-electron chi connectivity index (χ3n) is 3.73. The zero-order chi connectivity index (χ0) is 11.9. The zero-order valence-electron chi connectivity index (χ0n) is 10.7. The van der Waals surface area contributed by atoms with Crippen LogP contribution in [0.5, 0.6) is 0 Å². The Hall–Kier alpha value is -0.470. The molecule has 17 heavy (non-hydrogen) atoms. The zero-order valence-corrected chi connectivity index (χ0v) is 11.5. The van der Waals surface area contributed by atoms with E-state index in [1.54, 1.807) is 0 Å². The average molecular weight is 249 g/mol. The average Bonchev–Trinajstić information content (AvgIpc) is 2.35. The molecule has 1 aromatic carbocycles. The van der Waals surface area contributed by atoms with Gasteiger partial charge in [0.2, 0.25) is 0 Å². The molecule has 1 aliphatic carbocycles. The SMILES string of the molecule is CCNCC1CCC1CCSc1ccccc1. The molecule has 0 aromatic heterocycles. The summed E-state index contributed by atoms with van der Waals surface area (Å²) in [4.78, 5) is 1.41. The monoisotopic (exact) mass is 249 g/mol. The van der Waals surface area contributed by atoms with E-state index in [1.807, 2.05) is 11.8 Å². The first-order chi connectivity index (χ1) is 8.40. The molecule has 1 saturated carbocycles. The van der Waals surface area contributed by atoms with Gasteiger partial charge < -0.3 is 5.32 Å². The van der Waals surface area contributed by atoms with Crippen LogP contribution in [0.15, 0.2) is 35.2 Å². The molecule has 1 aliphatic rings. The lowest BCUT2D eigenvalue weighted by atomic mass is 9.72. The highest BCUT2D eigenvalue weighted by Gasteiger charge is 2.29. The van der Waals surface area contributed by atoms with Gasteiger partial charge in [-0.25, -0.2) is 0 Å². The van der Waals surface area contributed by atoms with E-state index in [2.05, 4.69) is 42.6 Å². The van der Waals surface area contributed by atoms with Gasteiger partial charge in [-0.1, -0.05) is 25.1 Å². The standard InChI is InChI=1S/C15H23NS/c1-2-16-12-14-9-8-13(14)10-11-17-15-6-4-3-5-7-15/h3-7,13-14,16H,2,8-12H2,1H3. The number of benzene rings is 1. The van der Waals surface area contributed by atoms with Crippen LogP contribution in [-0.2, 0) is 0 Å². The molecule has 2 heteroatoms. The summed E-state index contributed by atoms with van der Waals surface area (Å²) < 4.78 is 0. The van der Waals surface area contributed by atoms with Crippen LogP contribution in [-0.4, -0.2) is 18.8 Å². The second kappa shape index (κ2) is 7.07. The van der Waals surface area contributed by atoms with Crippen molar-refractivity contribution in [3.05, 3.63) is 30.3 Å². The summed E-state index contributed by atoms with van der Waals surface area (Å²) in [6.07, 6.45) is 4.27. The maximum atomic E-state index is 3.48. The Balaban J connectivity index is 1.62. The molecule has 2 unspecified atom stereocenters. The maximum absolute atomic E-state index is 3.48. The van der Waals surface area contributed by atoms with E-state index in [4.69, 9.17) is 0 Å². The van der Waals surface area contributed by atoms with E-state index in [0.29, 0.717) is 0 Å². The highest BCUT2D eigenvalue weighted by Crippen LogP contribution is 2.37. The first-order valence-corrected chi connectivity index (χ1v) is 7.77. The largest absolute Gasteiger partial charge is 0.317 e. The van der Waals surface area contributed by atoms with Crippen molar-refractivity contribution in [2.45, 2.75) is 31.1 Å². The molecule has 0 bridgehead atoms. The van der Waals surface area contributed by atoms with Crippen molar-refractivity contribution >= 4 is 11.8 Å². The Morgan fingerprint density at radius 1 is 1.18 bits per heavy atom. The van der Waals surface area contributed by atoms with E-state index < -0.39 is 0 Å². The summed E-state index contributed by atoms with van der Waals surface area (Å²) >= 11 is 2.00. The summed E-state index contributed by atoms with van der Waals surface area (Å²) in [5.41, 5.74) is 0. The number of rotatable bonds is 7. The minimum Gasteiger partial charge on any atom is -0.317 e. The first kappa shape index (κ1) is 13.0. The lowest BCUT2D eigenvalue weighted by Gasteiger charge is -2.37. The molecule has 0 heterocycles. The molecule has 2 rings (SSSR count). The molecule has 0 radical (unpaired) electrons. The van der Waals surface area contributed by atoms with Gasteiger partial charge in [0.15, 0.2) is 0 Å². The summed E-state index contributed by atoms with van der Waals surface area (Å²) in [6.45, 7) is 4.54. The first-order valence-electron chi connectivity index (χ1n) is 6.78. The molecule has 0 spiro atoms. The van der Waals surface area contributed by atoms with Gasteiger partial charge in [-0.15, -0.1) is 11.8 Å². The van der Waals surface area contributed by atoms with Crippen LogP contribution in [0.25, 0.3) is 0 Å². The normalized spacial score (nSPS) is 23.4. The highest BCUT2D eigenvalue weighted by molar-refractivity contribution is 7.99. The predicted octanol–water partition coefficient (Wildman–Crippen LogP) is 3.80. The highest BCUT2D eigenvalue weighted by atomic mass is 32.2. The molecule has 1 aromatic rings. The van der Waals surface area contributed by atoms with E-state index >= 15 is 0 Å². The van der Waals surface area contributed by atoms with Crippen LogP contribution in [0.3, 0.4) is 0 Å². The Labute approximate surface area is 109 Å². The van der Waals surface area contributed by atoms with Crippen LogP contribution in [0.1, 0.15) is 26.2 Å². The maximum Gasteiger partial charge on any atom is 0.00719 e. The Morgan fingerprint density at radius 2 is 1.94 bits per heavy atom. The molecule has 0 amide bonds. The second-order valence-electron chi connectivity index (χ2n) is 4.86. The molecule has 1 fully saturated rings. The van der Waals surface area contributed by atoms with Crippen molar-refractivity contribution in [1.82, 2.24) is 5.32 Å². The summed E-state index contributed by atoms with van der Waals surface area (Å²) in [6, 6.07) is 10.8. The van der Waals surface area contributed by atoms with Crippen molar-refractivity contribution in [1.29, 1.82) is 0 Å². The van der Waals surface area contributed by atoms with Gasteiger partial charge in [-0.3, -0.25) is 0 Å². The van der Waals surface area contributed by atoms with Gasteiger partial charge in [-0.2, -0.15) is 0 Å². The fourth-order valence-electron chi connectivity index (χ4n) is 2.46. The van der Waals surface area contributed by atoms with Crippen LogP contribution in [0.4, 0.5) is 0 Å². The number of hydrogen-bond acceptors (Lipinski definition) is 2. The van der Waals surface area contributed by atoms with Gasteiger partial charge in [0, 0.05) is 4.90 Å². The smallest absolute Gasteiger partial charge is 0.00719 e. The van der Waals surface area contributed by atoms with E-state index in [0.717, 1.165) is 18.4 Å². The summed E-state index contributed by atoms with van der Waals surface area (Å²) in [5.74, 6) is 3.20. The van der Waals surface area contributed by atoms with Gasteiger partial charge >= 0.3 is 0 Å². The molecular weight excluding hydrogens is 226 g/mol. The van der Waals surface area contributed by atoms with Crippen molar-refractivity contribution in [3.63, 3.8) is 0 Å². The minimum atomic E-state index is 0.950. The van der Waals surface area contributed by atoms with Crippen molar-refractivity contribution in [2.75, 3.05) is 18.8 Å². The van der Waals surface area contributed by atoms with Gasteiger partial charge in [0.05, 0.1) is 0 Å². The van der Waals surface area contributed by atoms with E-state index in [9.17, 15) is 0 Å². The second-order valence-corrected chi connectivity index (χ2v) is 6.02. The number of thioether (sulfide) groups is 1. The molecule has 2 atom stereocenters. The third kappa shape index (κ3) is 4.04. The fourth-order valence-corrected chi connectivity index (χ4v) is 3.47. The predicted molar refractivity (Wildman–Crippen MR) is 76.5 cm³/mol. The van der Waals surface area contributed by atoms with Crippen LogP contribution >= 0.6 is 11.8 Å². The molecular formula is C15H23NS. The minimum absolute atomic E-state index is 0.950. The van der Waals surface area contributed by atoms with Crippen molar-refractivity contribution in [2.24, 2.45) is 11.8 Å². The number of hydrogen-bond donors (Lipinski definition) is 1. The van der Waals surface area contributed by atoms with Gasteiger partial charge in [-0.05, 0) is 62.1 Å². The van der Waals surface area contributed by atoms with Gasteiger partial charge in [0.1, 0.15) is 0 Å². The molecule has 94 valence electrons. The Morgan fingerprint density at radius 3 is 2.59 bits per heavy atom. The number of nitrogens with one attached hydrogen (secondary N) is 1. The molecule has 1 N–H and O–H groups in total. The van der Waals surface area contributed by atoms with Crippen LogP contribution in [0.2, 0.25) is 0 Å². The van der Waals surface area contributed by atoms with Crippen LogP contribution in [0, 0.1) is 11.8 Å². The van der Waals surface area contributed by atoms with Gasteiger partial charge in [0.25, 0.3) is 0 Å². The van der Waals surface area contributed by atoms with E-state index in [-0.39, 0.29) is 0 Å². The third-order valence-corrected chi connectivity index (χ3v) is 4.78. The molecule has 0 saturated heterocycles. The fraction of sp³-hybridized carbons (Fsp3) is 0.600. The van der Waals surface area contributed by atoms with E-state index in [1.165, 1.54) is 36.5 Å². The van der Waals surface area contributed by atoms with Crippen molar-refractivity contribution < 1.29 is 0 Å². The Kier molecular flexibility index (Phi) is 5.40. The summed E-state index contributed by atoms with van der Waals surface area (Å²) in [5, 5.41) is 3.48. The lowest BCUT2D eigenvalue weighted by molar-refractivity contribution is 0.168. The Bertz CT molecular complexity index is 312. The molecule has 0 aliphatic heterocycles.